The van der Waals surface area contributed by atoms with Gasteiger partial charge in [-0.2, -0.15) is 0 Å². The van der Waals surface area contributed by atoms with Crippen LogP contribution in [0.25, 0.3) is 11.1 Å². The van der Waals surface area contributed by atoms with Gasteiger partial charge in [0.1, 0.15) is 17.4 Å². The van der Waals surface area contributed by atoms with Gasteiger partial charge in [-0.05, 0) is 60.0 Å². The summed E-state index contributed by atoms with van der Waals surface area (Å²) in [5, 5.41) is 9.46. The van der Waals surface area contributed by atoms with Crippen molar-refractivity contribution in [3.63, 3.8) is 0 Å². The van der Waals surface area contributed by atoms with Crippen molar-refractivity contribution in [3.8, 4) is 22.6 Å². The number of Topliss-reactive ketones (excluding diaryl/α,β-unsaturated/α-hetero) is 1. The van der Waals surface area contributed by atoms with Crippen LogP contribution in [0.2, 0.25) is 0 Å². The number of ether oxygens (including phenoxy) is 1. The van der Waals surface area contributed by atoms with Gasteiger partial charge in [-0.1, -0.05) is 12.1 Å². The van der Waals surface area contributed by atoms with E-state index < -0.39 is 41.0 Å². The van der Waals surface area contributed by atoms with Crippen molar-refractivity contribution < 1.29 is 27.8 Å². The number of methoxy groups -OCH3 is 1. The van der Waals surface area contributed by atoms with Crippen LogP contribution in [0.1, 0.15) is 21.5 Å². The van der Waals surface area contributed by atoms with E-state index in [0.29, 0.717) is 16.7 Å². The molecule has 28 heavy (non-hydrogen) atoms. The fourth-order valence-electron chi connectivity index (χ4n) is 3.09. The number of aryl methyl sites for hydroxylation is 1. The number of hydrogen-bond acceptors (Lipinski definition) is 3. The number of hydrogen-bond donors (Lipinski definition) is 1. The third kappa shape index (κ3) is 3.71. The first kappa shape index (κ1) is 19.5. The van der Waals surface area contributed by atoms with Crippen LogP contribution in [0.15, 0.2) is 48.5 Å². The lowest BCUT2D eigenvalue weighted by Crippen LogP contribution is -2.10. The zero-order valence-electron chi connectivity index (χ0n) is 15.2. The highest BCUT2D eigenvalue weighted by Crippen LogP contribution is 2.32. The molecule has 0 fully saturated rings. The molecule has 3 rings (SSSR count). The maximum atomic E-state index is 14.1. The molecule has 0 aliphatic heterocycles. The molecule has 3 aromatic carbocycles. The van der Waals surface area contributed by atoms with Crippen LogP contribution in [-0.4, -0.2) is 18.0 Å². The number of carbonyl (C=O) groups excluding carboxylic acids is 1. The molecule has 6 heteroatoms. The van der Waals surface area contributed by atoms with E-state index in [0.717, 1.165) is 12.1 Å². The first-order valence-corrected chi connectivity index (χ1v) is 8.45. The van der Waals surface area contributed by atoms with Gasteiger partial charge >= 0.3 is 0 Å². The standard InChI is InChI=1S/C22H17F3O3/c1-12-8-14(13-4-3-5-15(23)9-13)10-17(22(12)28-2)20(27)11-16-18(24)6-7-19(26)21(16)25/h3-10,26H,11H2,1-2H3. The van der Waals surface area contributed by atoms with E-state index in [9.17, 15) is 23.1 Å². The lowest BCUT2D eigenvalue weighted by Gasteiger charge is -2.14. The molecule has 0 aliphatic carbocycles. The Bertz CT molecular complexity index is 1060. The fraction of sp³-hybridized carbons (Fsp3) is 0.136. The summed E-state index contributed by atoms with van der Waals surface area (Å²) in [5.41, 5.74) is 1.32. The average Bonchev–Trinajstić information content (AvgIpc) is 2.67. The van der Waals surface area contributed by atoms with E-state index >= 15 is 0 Å². The van der Waals surface area contributed by atoms with Crippen molar-refractivity contribution in [2.75, 3.05) is 7.11 Å². The summed E-state index contributed by atoms with van der Waals surface area (Å²) in [5.74, 6) is -3.60. The predicted octanol–water partition coefficient (Wildman–Crippen LogP) is 5.22. The third-order valence-corrected chi connectivity index (χ3v) is 4.44. The highest BCUT2D eigenvalue weighted by atomic mass is 19.1. The van der Waals surface area contributed by atoms with Crippen LogP contribution in [0.4, 0.5) is 13.2 Å². The molecule has 3 aromatic rings. The van der Waals surface area contributed by atoms with Crippen molar-refractivity contribution in [3.05, 3.63) is 82.7 Å². The number of phenols is 1. The second-order valence-electron chi connectivity index (χ2n) is 6.34. The van der Waals surface area contributed by atoms with Crippen LogP contribution in [0, 0.1) is 24.4 Å². The molecule has 0 saturated carbocycles. The van der Waals surface area contributed by atoms with Crippen LogP contribution >= 0.6 is 0 Å². The van der Waals surface area contributed by atoms with E-state index in [1.54, 1.807) is 25.1 Å². The number of aromatic hydroxyl groups is 1. The minimum absolute atomic E-state index is 0.115. The van der Waals surface area contributed by atoms with Gasteiger partial charge in [-0.25, -0.2) is 13.2 Å². The van der Waals surface area contributed by atoms with Crippen molar-refractivity contribution in [2.45, 2.75) is 13.3 Å². The Kier molecular flexibility index (Phi) is 5.40. The molecule has 0 saturated heterocycles. The van der Waals surface area contributed by atoms with Gasteiger partial charge in [-0.15, -0.1) is 0 Å². The zero-order chi connectivity index (χ0) is 20.4. The molecule has 0 bridgehead atoms. The van der Waals surface area contributed by atoms with Crippen molar-refractivity contribution in [2.24, 2.45) is 0 Å². The molecule has 0 unspecified atom stereocenters. The highest BCUT2D eigenvalue weighted by Gasteiger charge is 2.22. The minimum atomic E-state index is -1.18. The number of halogens is 3. The van der Waals surface area contributed by atoms with Gasteiger partial charge in [0.15, 0.2) is 17.3 Å². The Hall–Kier alpha value is -3.28. The van der Waals surface area contributed by atoms with E-state index in [1.165, 1.54) is 25.3 Å². The lowest BCUT2D eigenvalue weighted by atomic mass is 9.94. The summed E-state index contributed by atoms with van der Waals surface area (Å²) in [4.78, 5) is 12.8. The molecule has 0 aromatic heterocycles. The number of phenolic OH excluding ortho intramolecular Hbond substituents is 1. The summed E-state index contributed by atoms with van der Waals surface area (Å²) in [6.07, 6.45) is -0.603. The van der Waals surface area contributed by atoms with Gasteiger partial charge in [0.2, 0.25) is 0 Å². The maximum Gasteiger partial charge on any atom is 0.171 e. The Labute approximate surface area is 160 Å². The van der Waals surface area contributed by atoms with Gasteiger partial charge in [0, 0.05) is 12.0 Å². The number of benzene rings is 3. The zero-order valence-corrected chi connectivity index (χ0v) is 15.2. The van der Waals surface area contributed by atoms with E-state index in [-0.39, 0.29) is 11.3 Å². The van der Waals surface area contributed by atoms with Gasteiger partial charge < -0.3 is 9.84 Å². The second kappa shape index (κ2) is 7.76. The second-order valence-corrected chi connectivity index (χ2v) is 6.34. The number of ketones is 1. The molecule has 0 spiro atoms. The molecule has 3 nitrogen and oxygen atoms in total. The van der Waals surface area contributed by atoms with Gasteiger partial charge in [0.05, 0.1) is 12.7 Å². The summed E-state index contributed by atoms with van der Waals surface area (Å²) >= 11 is 0. The van der Waals surface area contributed by atoms with Crippen LogP contribution in [0.3, 0.4) is 0 Å². The average molecular weight is 386 g/mol. The van der Waals surface area contributed by atoms with Gasteiger partial charge in [0.25, 0.3) is 0 Å². The topological polar surface area (TPSA) is 46.5 Å². The largest absolute Gasteiger partial charge is 0.505 e. The first-order chi connectivity index (χ1) is 13.3. The third-order valence-electron chi connectivity index (χ3n) is 4.44. The first-order valence-electron chi connectivity index (χ1n) is 8.45. The van der Waals surface area contributed by atoms with Crippen LogP contribution < -0.4 is 4.74 Å². The molecular weight excluding hydrogens is 369 g/mol. The monoisotopic (exact) mass is 386 g/mol. The van der Waals surface area contributed by atoms with Crippen molar-refractivity contribution in [1.82, 2.24) is 0 Å². The number of rotatable bonds is 5. The molecule has 0 amide bonds. The lowest BCUT2D eigenvalue weighted by molar-refractivity contribution is 0.0987. The SMILES string of the molecule is COc1c(C)cc(-c2cccc(F)c2)cc1C(=O)Cc1c(F)ccc(O)c1F. The Morgan fingerprint density at radius 3 is 2.46 bits per heavy atom. The molecule has 0 heterocycles. The molecule has 0 aliphatic rings. The maximum absolute atomic E-state index is 14.1. The van der Waals surface area contributed by atoms with Crippen LogP contribution in [0.5, 0.6) is 11.5 Å². The fourth-order valence-corrected chi connectivity index (χ4v) is 3.09. The van der Waals surface area contributed by atoms with E-state index in [1.807, 2.05) is 0 Å². The molecular formula is C22H17F3O3. The quantitative estimate of drug-likeness (QED) is 0.612. The Balaban J connectivity index is 2.08. The van der Waals surface area contributed by atoms with Crippen molar-refractivity contribution >= 4 is 5.78 Å². The highest BCUT2D eigenvalue weighted by molar-refractivity contribution is 6.01. The van der Waals surface area contributed by atoms with Gasteiger partial charge in [-0.3, -0.25) is 4.79 Å². The Morgan fingerprint density at radius 2 is 1.79 bits per heavy atom. The normalized spacial score (nSPS) is 10.8. The molecule has 1 N–H and O–H groups in total. The molecule has 0 radical (unpaired) electrons. The molecule has 0 atom stereocenters. The van der Waals surface area contributed by atoms with E-state index in [2.05, 4.69) is 0 Å². The predicted molar refractivity (Wildman–Crippen MR) is 99.2 cm³/mol. The smallest absolute Gasteiger partial charge is 0.171 e. The summed E-state index contributed by atoms with van der Waals surface area (Å²) in [6.45, 7) is 1.72. The van der Waals surface area contributed by atoms with Crippen LogP contribution in [-0.2, 0) is 6.42 Å². The summed E-state index contributed by atoms with van der Waals surface area (Å²) < 4.78 is 46.9. The minimum Gasteiger partial charge on any atom is -0.505 e. The summed E-state index contributed by atoms with van der Waals surface area (Å²) in [6, 6.07) is 10.9. The summed E-state index contributed by atoms with van der Waals surface area (Å²) in [7, 11) is 1.39. The Morgan fingerprint density at radius 1 is 1.04 bits per heavy atom. The molecule has 144 valence electrons. The van der Waals surface area contributed by atoms with E-state index in [4.69, 9.17) is 4.74 Å². The van der Waals surface area contributed by atoms with Crippen molar-refractivity contribution in [1.29, 1.82) is 0 Å². The number of carbonyl (C=O) groups is 1.